The van der Waals surface area contributed by atoms with Gasteiger partial charge in [-0.1, -0.05) is 138 Å². The summed E-state index contributed by atoms with van der Waals surface area (Å²) in [6.07, 6.45) is 8.27. The van der Waals surface area contributed by atoms with E-state index < -0.39 is 8.32 Å². The fourth-order valence-corrected chi connectivity index (χ4v) is 12.1. The number of epoxide rings is 1. The van der Waals surface area contributed by atoms with Crippen LogP contribution < -0.4 is 10.4 Å². The summed E-state index contributed by atoms with van der Waals surface area (Å²) in [7, 11) is -2.69. The largest absolute Gasteiger partial charge is 0.402 e. The van der Waals surface area contributed by atoms with E-state index in [0.29, 0.717) is 18.6 Å². The average Bonchev–Trinajstić information content (AvgIpc) is 3.66. The fraction of sp³-hybridized carbons (Fsp3) is 0.538. The molecule has 0 saturated carbocycles. The lowest BCUT2D eigenvalue weighted by Gasteiger charge is -2.45. The Kier molecular flexibility index (Phi) is 11.5. The molecule has 2 aliphatic rings. The molecule has 4 nitrogen and oxygen atoms in total. The van der Waals surface area contributed by atoms with Crippen molar-refractivity contribution in [3.05, 3.63) is 96.6 Å². The summed E-state index contributed by atoms with van der Waals surface area (Å²) >= 11 is 0. The molecule has 3 aromatic rings. The normalized spacial score (nSPS) is 24.3. The highest BCUT2D eigenvalue weighted by atomic mass is 28.4. The van der Waals surface area contributed by atoms with E-state index in [2.05, 4.69) is 120 Å². The Morgan fingerprint density at radius 1 is 0.795 bits per heavy atom. The van der Waals surface area contributed by atoms with Crippen LogP contribution in [0.4, 0.5) is 0 Å². The molecular weight excluding hydrogens is 561 g/mol. The predicted molar refractivity (Wildman–Crippen MR) is 183 cm³/mol. The maximum absolute atomic E-state index is 7.71. The van der Waals surface area contributed by atoms with E-state index in [1.165, 1.54) is 28.8 Å². The molecule has 0 aliphatic carbocycles. The Labute approximate surface area is 267 Å². The second kappa shape index (κ2) is 15.3. The molecule has 2 heterocycles. The van der Waals surface area contributed by atoms with Crippen molar-refractivity contribution in [2.45, 2.75) is 122 Å². The lowest BCUT2D eigenvalue weighted by Crippen LogP contribution is -2.68. The van der Waals surface area contributed by atoms with Gasteiger partial charge in [-0.15, -0.1) is 0 Å². The van der Waals surface area contributed by atoms with Gasteiger partial charge in [0.1, 0.15) is 0 Å². The number of benzene rings is 3. The second-order valence-electron chi connectivity index (χ2n) is 13.9. The number of hydrogen-bond acceptors (Lipinski definition) is 4. The highest BCUT2D eigenvalue weighted by Gasteiger charge is 2.55. The smallest absolute Gasteiger partial charge is 0.261 e. The molecule has 0 amide bonds. The zero-order valence-corrected chi connectivity index (χ0v) is 28.6. The summed E-state index contributed by atoms with van der Waals surface area (Å²) in [5.74, 6) is 0.563. The molecule has 5 heteroatoms. The van der Waals surface area contributed by atoms with Gasteiger partial charge in [0.15, 0.2) is 0 Å². The van der Waals surface area contributed by atoms with Crippen molar-refractivity contribution >= 4 is 18.7 Å². The quantitative estimate of drug-likeness (QED) is 0.0930. The first-order chi connectivity index (χ1) is 21.4. The van der Waals surface area contributed by atoms with Crippen molar-refractivity contribution in [2.24, 2.45) is 5.92 Å². The zero-order valence-electron chi connectivity index (χ0n) is 27.6. The van der Waals surface area contributed by atoms with Gasteiger partial charge in [-0.05, 0) is 46.2 Å². The SMILES string of the molecule is CCCC(CC)C1C[C@H](O[Si](c2ccccc2)(c2ccccc2)C(C)(C)C)[C@H](C[C@H]2O[C@@H]2CCCOCc2ccccc2)O1. The predicted octanol–water partition coefficient (Wildman–Crippen LogP) is 8.07. The van der Waals surface area contributed by atoms with Gasteiger partial charge in [0, 0.05) is 19.4 Å². The van der Waals surface area contributed by atoms with Crippen LogP contribution in [0.15, 0.2) is 91.0 Å². The summed E-state index contributed by atoms with van der Waals surface area (Å²) in [5.41, 5.74) is 1.22. The summed E-state index contributed by atoms with van der Waals surface area (Å²) in [5, 5.41) is 2.60. The maximum Gasteiger partial charge on any atom is 0.261 e. The van der Waals surface area contributed by atoms with Crippen LogP contribution in [0.25, 0.3) is 0 Å². The minimum Gasteiger partial charge on any atom is -0.402 e. The Bertz CT molecular complexity index is 1210. The van der Waals surface area contributed by atoms with E-state index in [0.717, 1.165) is 38.7 Å². The van der Waals surface area contributed by atoms with E-state index in [9.17, 15) is 0 Å². The van der Waals surface area contributed by atoms with Crippen molar-refractivity contribution in [1.29, 1.82) is 0 Å². The minimum absolute atomic E-state index is 0.0382. The number of hydrogen-bond donors (Lipinski definition) is 0. The summed E-state index contributed by atoms with van der Waals surface area (Å²) in [6, 6.07) is 32.5. The van der Waals surface area contributed by atoms with Crippen LogP contribution in [-0.2, 0) is 25.2 Å². The van der Waals surface area contributed by atoms with Gasteiger partial charge in [-0.25, -0.2) is 0 Å². The lowest BCUT2D eigenvalue weighted by atomic mass is 9.92. The minimum atomic E-state index is -2.69. The summed E-state index contributed by atoms with van der Waals surface area (Å²) < 4.78 is 26.9. The molecule has 2 unspecified atom stereocenters. The van der Waals surface area contributed by atoms with Gasteiger partial charge in [-0.3, -0.25) is 0 Å². The first kappa shape index (κ1) is 33.1. The summed E-state index contributed by atoms with van der Waals surface area (Å²) in [4.78, 5) is 0. The van der Waals surface area contributed by atoms with E-state index in [1.54, 1.807) is 0 Å². The molecule has 5 rings (SSSR count). The first-order valence-electron chi connectivity index (χ1n) is 17.1. The molecule has 6 atom stereocenters. The topological polar surface area (TPSA) is 40.2 Å². The molecule has 0 N–H and O–H groups in total. The first-order valence-corrected chi connectivity index (χ1v) is 19.0. The third-order valence-corrected chi connectivity index (χ3v) is 14.8. The van der Waals surface area contributed by atoms with E-state index in [-0.39, 0.29) is 29.5 Å². The molecule has 0 spiro atoms. The van der Waals surface area contributed by atoms with Crippen LogP contribution in [0.3, 0.4) is 0 Å². The van der Waals surface area contributed by atoms with Crippen molar-refractivity contribution in [1.82, 2.24) is 0 Å². The van der Waals surface area contributed by atoms with Crippen molar-refractivity contribution in [3.8, 4) is 0 Å². The van der Waals surface area contributed by atoms with Gasteiger partial charge in [0.05, 0.1) is 37.1 Å². The average molecular weight is 615 g/mol. The van der Waals surface area contributed by atoms with Crippen LogP contribution >= 0.6 is 0 Å². The van der Waals surface area contributed by atoms with Crippen LogP contribution in [0.1, 0.15) is 85.1 Å². The van der Waals surface area contributed by atoms with E-state index in [1.807, 2.05) is 6.07 Å². The highest BCUT2D eigenvalue weighted by molar-refractivity contribution is 6.99. The van der Waals surface area contributed by atoms with Gasteiger partial charge < -0.3 is 18.6 Å². The van der Waals surface area contributed by atoms with Gasteiger partial charge in [0.2, 0.25) is 0 Å². The van der Waals surface area contributed by atoms with Crippen LogP contribution in [0, 0.1) is 5.92 Å². The van der Waals surface area contributed by atoms with Crippen LogP contribution in [0.5, 0.6) is 0 Å². The van der Waals surface area contributed by atoms with Crippen molar-refractivity contribution < 1.29 is 18.6 Å². The maximum atomic E-state index is 7.71. The van der Waals surface area contributed by atoms with Crippen LogP contribution in [-0.4, -0.2) is 45.4 Å². The molecule has 3 aromatic carbocycles. The Hall–Kier alpha value is -2.28. The van der Waals surface area contributed by atoms with Crippen LogP contribution in [0.2, 0.25) is 5.04 Å². The molecular formula is C39H54O4Si. The number of rotatable bonds is 16. The zero-order chi connectivity index (χ0) is 31.0. The highest BCUT2D eigenvalue weighted by Crippen LogP contribution is 2.43. The van der Waals surface area contributed by atoms with E-state index >= 15 is 0 Å². The molecule has 0 radical (unpaired) electrons. The molecule has 0 aromatic heterocycles. The second-order valence-corrected chi connectivity index (χ2v) is 18.1. The molecule has 238 valence electrons. The van der Waals surface area contributed by atoms with Crippen molar-refractivity contribution in [3.63, 3.8) is 0 Å². The standard InChI is InChI=1S/C39H54O4Si/c1-6-18-31(7-2)35-27-38(37(42-35)28-36-34(41-36)25-17-26-40-29-30-19-11-8-12-20-30)43-44(39(3,4)5,32-21-13-9-14-22-32)33-23-15-10-16-24-33/h8-16,19-24,31,34-38H,6-7,17-18,25-29H2,1-5H3/t31?,34-,35?,36-,37+,38+/m1/s1. The van der Waals surface area contributed by atoms with Gasteiger partial charge >= 0.3 is 0 Å². The molecule has 2 aliphatic heterocycles. The molecule has 2 fully saturated rings. The van der Waals surface area contributed by atoms with Gasteiger partial charge in [0.25, 0.3) is 8.32 Å². The Balaban J connectivity index is 1.30. The fourth-order valence-electron chi connectivity index (χ4n) is 7.35. The molecule has 2 saturated heterocycles. The molecule has 0 bridgehead atoms. The third-order valence-electron chi connectivity index (χ3n) is 9.72. The van der Waals surface area contributed by atoms with E-state index in [4.69, 9.17) is 18.6 Å². The Morgan fingerprint density at radius 2 is 1.41 bits per heavy atom. The summed E-state index contributed by atoms with van der Waals surface area (Å²) in [6.45, 7) is 13.1. The monoisotopic (exact) mass is 614 g/mol. The molecule has 44 heavy (non-hydrogen) atoms. The Morgan fingerprint density at radius 3 is 1.98 bits per heavy atom. The third kappa shape index (κ3) is 7.92. The number of ether oxygens (including phenoxy) is 3. The van der Waals surface area contributed by atoms with Crippen molar-refractivity contribution in [2.75, 3.05) is 6.61 Å². The lowest BCUT2D eigenvalue weighted by molar-refractivity contribution is -0.0180. The van der Waals surface area contributed by atoms with Gasteiger partial charge in [-0.2, -0.15) is 0 Å².